The highest BCUT2D eigenvalue weighted by atomic mass is 16.5. The van der Waals surface area contributed by atoms with E-state index in [0.29, 0.717) is 19.3 Å². The number of rotatable bonds is 8. The molecule has 13 heavy (non-hydrogen) atoms. The molecule has 0 spiro atoms. The van der Waals surface area contributed by atoms with Crippen molar-refractivity contribution >= 4 is 0 Å². The molecular formula is C10H21NO2. The van der Waals surface area contributed by atoms with E-state index < -0.39 is 0 Å². The molecule has 1 aliphatic rings. The molecule has 0 bridgehead atoms. The average Bonchev–Trinajstić information content (AvgIpc) is 2.93. The molecule has 1 atom stereocenters. The van der Waals surface area contributed by atoms with E-state index in [2.05, 4.69) is 12.2 Å². The Morgan fingerprint density at radius 3 is 2.69 bits per heavy atom. The SMILES string of the molecule is CCNC(COCCOC)C1CC1. The van der Waals surface area contributed by atoms with Gasteiger partial charge in [0.2, 0.25) is 0 Å². The summed E-state index contributed by atoms with van der Waals surface area (Å²) in [4.78, 5) is 0. The summed E-state index contributed by atoms with van der Waals surface area (Å²) < 4.78 is 10.4. The van der Waals surface area contributed by atoms with Gasteiger partial charge in [-0.15, -0.1) is 0 Å². The fourth-order valence-electron chi connectivity index (χ4n) is 1.48. The van der Waals surface area contributed by atoms with Crippen molar-refractivity contribution in [1.29, 1.82) is 0 Å². The molecule has 0 aromatic rings. The van der Waals surface area contributed by atoms with Crippen LogP contribution in [0.25, 0.3) is 0 Å². The Hall–Kier alpha value is -0.120. The number of hydrogen-bond acceptors (Lipinski definition) is 3. The van der Waals surface area contributed by atoms with Crippen molar-refractivity contribution in [2.24, 2.45) is 5.92 Å². The molecule has 0 radical (unpaired) electrons. The van der Waals surface area contributed by atoms with Crippen LogP contribution in [-0.2, 0) is 9.47 Å². The molecule has 0 heterocycles. The van der Waals surface area contributed by atoms with Gasteiger partial charge in [0.25, 0.3) is 0 Å². The van der Waals surface area contributed by atoms with Gasteiger partial charge in [-0.05, 0) is 25.3 Å². The highest BCUT2D eigenvalue weighted by molar-refractivity contribution is 4.85. The minimum Gasteiger partial charge on any atom is -0.382 e. The number of methoxy groups -OCH3 is 1. The number of likely N-dealkylation sites (N-methyl/N-ethyl adjacent to an activating group) is 1. The van der Waals surface area contributed by atoms with Crippen LogP contribution < -0.4 is 5.32 Å². The summed E-state index contributed by atoms with van der Waals surface area (Å²) in [5.41, 5.74) is 0. The number of hydrogen-bond donors (Lipinski definition) is 1. The second-order valence-corrected chi connectivity index (χ2v) is 3.57. The van der Waals surface area contributed by atoms with Gasteiger partial charge < -0.3 is 14.8 Å². The van der Waals surface area contributed by atoms with E-state index in [1.165, 1.54) is 12.8 Å². The fraction of sp³-hybridized carbons (Fsp3) is 1.00. The first-order chi connectivity index (χ1) is 6.38. The largest absolute Gasteiger partial charge is 0.382 e. The third kappa shape index (κ3) is 4.60. The van der Waals surface area contributed by atoms with Gasteiger partial charge in [0.05, 0.1) is 19.8 Å². The Labute approximate surface area is 80.8 Å². The molecule has 1 unspecified atom stereocenters. The van der Waals surface area contributed by atoms with Crippen LogP contribution in [0.2, 0.25) is 0 Å². The third-order valence-electron chi connectivity index (χ3n) is 2.39. The van der Waals surface area contributed by atoms with Gasteiger partial charge in [-0.2, -0.15) is 0 Å². The van der Waals surface area contributed by atoms with Crippen molar-refractivity contribution < 1.29 is 9.47 Å². The van der Waals surface area contributed by atoms with Crippen LogP contribution in [-0.4, -0.2) is 39.5 Å². The van der Waals surface area contributed by atoms with Gasteiger partial charge in [-0.25, -0.2) is 0 Å². The van der Waals surface area contributed by atoms with Gasteiger partial charge in [0, 0.05) is 13.2 Å². The summed E-state index contributed by atoms with van der Waals surface area (Å²) in [5.74, 6) is 0.863. The van der Waals surface area contributed by atoms with E-state index in [9.17, 15) is 0 Å². The maximum atomic E-state index is 5.50. The molecule has 0 saturated heterocycles. The number of nitrogens with one attached hydrogen (secondary N) is 1. The first kappa shape index (κ1) is 11.0. The van der Waals surface area contributed by atoms with Crippen LogP contribution in [0, 0.1) is 5.92 Å². The summed E-state index contributed by atoms with van der Waals surface area (Å²) in [6.45, 7) is 5.43. The summed E-state index contributed by atoms with van der Waals surface area (Å²) in [6, 6.07) is 0.571. The lowest BCUT2D eigenvalue weighted by atomic mass is 10.2. The Morgan fingerprint density at radius 1 is 1.38 bits per heavy atom. The van der Waals surface area contributed by atoms with Gasteiger partial charge in [-0.1, -0.05) is 6.92 Å². The molecule has 0 amide bonds. The van der Waals surface area contributed by atoms with Crippen LogP contribution in [0.15, 0.2) is 0 Å². The molecule has 0 aromatic heterocycles. The second kappa shape index (κ2) is 6.35. The summed E-state index contributed by atoms with van der Waals surface area (Å²) in [7, 11) is 1.70. The lowest BCUT2D eigenvalue weighted by Gasteiger charge is -2.16. The van der Waals surface area contributed by atoms with Crippen molar-refractivity contribution in [2.75, 3.05) is 33.5 Å². The topological polar surface area (TPSA) is 30.5 Å². The van der Waals surface area contributed by atoms with Crippen LogP contribution >= 0.6 is 0 Å². The predicted octanol–water partition coefficient (Wildman–Crippen LogP) is 1.04. The molecule has 0 aliphatic heterocycles. The Balaban J connectivity index is 2.00. The van der Waals surface area contributed by atoms with Crippen LogP contribution in [0.4, 0.5) is 0 Å². The van der Waals surface area contributed by atoms with Crippen LogP contribution in [0.5, 0.6) is 0 Å². The van der Waals surface area contributed by atoms with E-state index in [-0.39, 0.29) is 0 Å². The second-order valence-electron chi connectivity index (χ2n) is 3.57. The molecule has 1 aliphatic carbocycles. The molecule has 1 fully saturated rings. The summed E-state index contributed by atoms with van der Waals surface area (Å²) in [6.07, 6.45) is 2.73. The minimum atomic E-state index is 0.571. The fourth-order valence-corrected chi connectivity index (χ4v) is 1.48. The molecular weight excluding hydrogens is 166 g/mol. The van der Waals surface area contributed by atoms with E-state index in [1.807, 2.05) is 0 Å². The highest BCUT2D eigenvalue weighted by Crippen LogP contribution is 2.32. The van der Waals surface area contributed by atoms with Gasteiger partial charge in [-0.3, -0.25) is 0 Å². The van der Waals surface area contributed by atoms with Crippen molar-refractivity contribution in [3.63, 3.8) is 0 Å². The Morgan fingerprint density at radius 2 is 2.15 bits per heavy atom. The molecule has 1 N–H and O–H groups in total. The smallest absolute Gasteiger partial charge is 0.0701 e. The van der Waals surface area contributed by atoms with E-state index in [0.717, 1.165) is 19.1 Å². The van der Waals surface area contributed by atoms with Crippen LogP contribution in [0.3, 0.4) is 0 Å². The highest BCUT2D eigenvalue weighted by Gasteiger charge is 2.30. The Kier molecular flexibility index (Phi) is 5.35. The zero-order chi connectivity index (χ0) is 9.52. The predicted molar refractivity (Wildman–Crippen MR) is 52.9 cm³/mol. The maximum Gasteiger partial charge on any atom is 0.0701 e. The van der Waals surface area contributed by atoms with Crippen LogP contribution in [0.1, 0.15) is 19.8 Å². The third-order valence-corrected chi connectivity index (χ3v) is 2.39. The van der Waals surface area contributed by atoms with Crippen molar-refractivity contribution in [3.05, 3.63) is 0 Å². The molecule has 78 valence electrons. The first-order valence-corrected chi connectivity index (χ1v) is 5.18. The molecule has 1 rings (SSSR count). The average molecular weight is 187 g/mol. The lowest BCUT2D eigenvalue weighted by Crippen LogP contribution is -2.35. The van der Waals surface area contributed by atoms with Crippen molar-refractivity contribution in [1.82, 2.24) is 5.32 Å². The van der Waals surface area contributed by atoms with Gasteiger partial charge in [0.15, 0.2) is 0 Å². The van der Waals surface area contributed by atoms with Crippen molar-refractivity contribution in [3.8, 4) is 0 Å². The van der Waals surface area contributed by atoms with Gasteiger partial charge >= 0.3 is 0 Å². The van der Waals surface area contributed by atoms with E-state index in [4.69, 9.17) is 9.47 Å². The van der Waals surface area contributed by atoms with Crippen molar-refractivity contribution in [2.45, 2.75) is 25.8 Å². The standard InChI is InChI=1S/C10H21NO2/c1-3-11-10(9-4-5-9)8-13-7-6-12-2/h9-11H,3-8H2,1-2H3. The summed E-state index contributed by atoms with van der Waals surface area (Å²) >= 11 is 0. The zero-order valence-electron chi connectivity index (χ0n) is 8.71. The molecule has 1 saturated carbocycles. The first-order valence-electron chi connectivity index (χ1n) is 5.18. The monoisotopic (exact) mass is 187 g/mol. The maximum absolute atomic E-state index is 5.50. The van der Waals surface area contributed by atoms with E-state index >= 15 is 0 Å². The Bertz CT molecular complexity index is 126. The van der Waals surface area contributed by atoms with Gasteiger partial charge in [0.1, 0.15) is 0 Å². The molecule has 3 nitrogen and oxygen atoms in total. The molecule has 3 heteroatoms. The lowest BCUT2D eigenvalue weighted by molar-refractivity contribution is 0.0558. The molecule has 0 aromatic carbocycles. The minimum absolute atomic E-state index is 0.571. The van der Waals surface area contributed by atoms with E-state index in [1.54, 1.807) is 7.11 Å². The number of ether oxygens (including phenoxy) is 2. The summed E-state index contributed by atoms with van der Waals surface area (Å²) in [5, 5.41) is 3.46. The normalized spacial score (nSPS) is 18.9. The zero-order valence-corrected chi connectivity index (χ0v) is 8.71. The quantitative estimate of drug-likeness (QED) is 0.576.